The summed E-state index contributed by atoms with van der Waals surface area (Å²) in [5.74, 6) is -0.436. The summed E-state index contributed by atoms with van der Waals surface area (Å²) in [6.07, 6.45) is 13.2. The molecule has 6 heterocycles. The molecule has 1 unspecified atom stereocenters. The number of nitrogens with zero attached hydrogens (tertiary/aromatic N) is 9. The molecule has 4 saturated heterocycles. The summed E-state index contributed by atoms with van der Waals surface area (Å²) in [5, 5.41) is 26.8. The van der Waals surface area contributed by atoms with E-state index in [0.29, 0.717) is 62.1 Å². The highest BCUT2D eigenvalue weighted by Crippen LogP contribution is 2.35. The Morgan fingerprint density at radius 3 is 2.06 bits per heavy atom. The topological polar surface area (TPSA) is 206 Å². The maximum atomic E-state index is 15.3. The summed E-state index contributed by atoms with van der Waals surface area (Å²) in [4.78, 5) is 71.0. The first-order valence-electron chi connectivity index (χ1n) is 25.9. The van der Waals surface area contributed by atoms with E-state index in [1.807, 2.05) is 25.1 Å². The fraction of sp³-hybridized carbons (Fsp3) is 0.660. The Bertz CT molecular complexity index is 2310. The van der Waals surface area contributed by atoms with Crippen LogP contribution >= 0.6 is 0 Å². The van der Waals surface area contributed by atoms with Gasteiger partial charge < -0.3 is 40.5 Å². The van der Waals surface area contributed by atoms with Gasteiger partial charge in [-0.1, -0.05) is 0 Å². The number of nitrogens with one attached hydrogen (secondary N) is 4. The molecule has 6 fully saturated rings. The molecule has 0 spiro atoms. The second-order valence-corrected chi connectivity index (χ2v) is 20.4. The van der Waals surface area contributed by atoms with Gasteiger partial charge in [-0.25, -0.2) is 13.8 Å². The lowest BCUT2D eigenvalue weighted by molar-refractivity contribution is -0.143. The highest BCUT2D eigenvalue weighted by molar-refractivity contribution is 6.01. The number of aliphatic hydroxyl groups excluding tert-OH is 1. The number of carbonyl (C=O) groups excluding carboxylic acids is 4. The Kier molecular flexibility index (Phi) is 16.3. The zero-order valence-corrected chi connectivity index (χ0v) is 41.2. The average Bonchev–Trinajstić information content (AvgIpc) is 3.79. The van der Waals surface area contributed by atoms with Crippen molar-refractivity contribution in [3.05, 3.63) is 47.9 Å². The molecule has 19 nitrogen and oxygen atoms in total. The normalized spacial score (nSPS) is 25.7. The number of amides is 4. The van der Waals surface area contributed by atoms with Gasteiger partial charge in [0.1, 0.15) is 17.5 Å². The van der Waals surface area contributed by atoms with Gasteiger partial charge in [0.2, 0.25) is 29.6 Å². The molecule has 2 atom stereocenters. The number of aromatic nitrogens is 4. The minimum Gasteiger partial charge on any atom is -0.373 e. The largest absolute Gasteiger partial charge is 0.373 e. The summed E-state index contributed by atoms with van der Waals surface area (Å²) < 4.78 is 37.8. The van der Waals surface area contributed by atoms with Crippen molar-refractivity contribution < 1.29 is 37.8 Å². The molecule has 0 bridgehead atoms. The minimum atomic E-state index is -1.14. The fourth-order valence-electron chi connectivity index (χ4n) is 11.6. The van der Waals surface area contributed by atoms with Crippen LogP contribution in [0.1, 0.15) is 95.8 Å². The van der Waals surface area contributed by atoms with Crippen molar-refractivity contribution in [3.8, 4) is 0 Å². The highest BCUT2D eigenvalue weighted by atomic mass is 19.1. The van der Waals surface area contributed by atoms with Crippen molar-refractivity contribution in [2.24, 2.45) is 24.8 Å². The number of rotatable bonds is 15. The summed E-state index contributed by atoms with van der Waals surface area (Å²) in [7, 11) is 1.84. The smallest absolute Gasteiger partial charge is 0.249 e. The molecule has 6 aliphatic rings. The van der Waals surface area contributed by atoms with E-state index < -0.39 is 29.9 Å². The summed E-state index contributed by atoms with van der Waals surface area (Å²) >= 11 is 0. The molecule has 2 saturated carbocycles. The first-order chi connectivity index (χ1) is 34.4. The van der Waals surface area contributed by atoms with Gasteiger partial charge in [-0.2, -0.15) is 10.1 Å². The Hall–Kier alpha value is -5.51. The molecule has 2 aliphatic carbocycles. The van der Waals surface area contributed by atoms with E-state index in [0.717, 1.165) is 116 Å². The molecule has 0 radical (unpaired) electrons. The predicted molar refractivity (Wildman–Crippen MR) is 262 cm³/mol. The van der Waals surface area contributed by atoms with E-state index in [2.05, 4.69) is 46.0 Å². The summed E-state index contributed by atoms with van der Waals surface area (Å²) in [6.45, 7) is 10.0. The van der Waals surface area contributed by atoms with Crippen LogP contribution in [0.2, 0.25) is 0 Å². The van der Waals surface area contributed by atoms with Crippen LogP contribution in [0.25, 0.3) is 0 Å². The van der Waals surface area contributed by atoms with Gasteiger partial charge in [0.25, 0.3) is 0 Å². The lowest BCUT2D eigenvalue weighted by atomic mass is 9.80. The molecular formula is C50H71F2N13O6. The van der Waals surface area contributed by atoms with Gasteiger partial charge in [-0.05, 0) is 95.6 Å². The van der Waals surface area contributed by atoms with Crippen LogP contribution in [-0.2, 0) is 31.0 Å². The molecule has 21 heteroatoms. The molecule has 71 heavy (non-hydrogen) atoms. The zero-order valence-electron chi connectivity index (χ0n) is 41.2. The van der Waals surface area contributed by atoms with E-state index in [-0.39, 0.29) is 59.8 Å². The van der Waals surface area contributed by atoms with Gasteiger partial charge in [-0.3, -0.25) is 39.0 Å². The Labute approximate surface area is 414 Å². The fourth-order valence-corrected chi connectivity index (χ4v) is 11.6. The number of ether oxygens (including phenoxy) is 1. The van der Waals surface area contributed by atoms with E-state index in [4.69, 9.17) is 9.72 Å². The Morgan fingerprint density at radius 1 is 0.803 bits per heavy atom. The van der Waals surface area contributed by atoms with Gasteiger partial charge in [0.05, 0.1) is 17.4 Å². The highest BCUT2D eigenvalue weighted by Gasteiger charge is 2.38. The lowest BCUT2D eigenvalue weighted by Gasteiger charge is -2.43. The van der Waals surface area contributed by atoms with E-state index in [1.165, 1.54) is 12.1 Å². The van der Waals surface area contributed by atoms with E-state index >= 15 is 8.78 Å². The van der Waals surface area contributed by atoms with Crippen LogP contribution in [0, 0.1) is 29.4 Å². The molecule has 386 valence electrons. The van der Waals surface area contributed by atoms with Crippen molar-refractivity contribution in [2.75, 3.05) is 99.4 Å². The number of imide groups is 1. The quantitative estimate of drug-likeness (QED) is 0.107. The monoisotopic (exact) mass is 988 g/mol. The number of halogens is 2. The number of likely N-dealkylation sites (tertiary alicyclic amines) is 1. The van der Waals surface area contributed by atoms with Gasteiger partial charge >= 0.3 is 0 Å². The van der Waals surface area contributed by atoms with Crippen LogP contribution in [0.5, 0.6) is 0 Å². The SMILES string of the molecule is CCO[C@H](O)c1cnc(Nc2cnn(C)c2)nc1NC1CCC(N2CCN(C(=O)C3CCC(C(=O)N4CCC(CN5CCN(c6c(F)cc(NC7CCC(=O)NC7=O)cc6F)CC5)CC4)CC3)CC2)CC1. The molecule has 2 aromatic heterocycles. The molecule has 4 amide bonds. The second kappa shape index (κ2) is 22.9. The molecular weight excluding hydrogens is 917 g/mol. The van der Waals surface area contributed by atoms with Crippen LogP contribution in [0.15, 0.2) is 30.7 Å². The minimum absolute atomic E-state index is 0.0272. The van der Waals surface area contributed by atoms with Crippen molar-refractivity contribution in [1.82, 2.24) is 44.7 Å². The molecule has 3 aromatic rings. The molecule has 5 N–H and O–H groups in total. The van der Waals surface area contributed by atoms with Crippen LogP contribution in [0.3, 0.4) is 0 Å². The van der Waals surface area contributed by atoms with Crippen molar-refractivity contribution in [2.45, 2.75) is 108 Å². The second-order valence-electron chi connectivity index (χ2n) is 20.4. The third kappa shape index (κ3) is 12.4. The standard InChI is InChI=1S/C50H71F2N13O6/c1-3-71-49(70)39-29-53-50(57-37-28-54-60(2)31-37)59-45(39)56-35-8-10-38(11-9-35)62-22-24-65(25-23-62)48(69)34-6-4-33(5-7-34)47(68)64-16-14-32(15-17-64)30-61-18-20-63(21-19-61)44-40(51)26-36(27-41(44)52)55-42-12-13-43(66)58-46(42)67/h26-29,31-35,38,42,49,55,70H,3-25,30H2,1-2H3,(H,58,66,67)(H2,53,56,57,59)/t33?,34?,35?,38?,42?,49-/m0/s1. The van der Waals surface area contributed by atoms with E-state index in [1.54, 1.807) is 22.0 Å². The number of piperazine rings is 2. The predicted octanol–water partition coefficient (Wildman–Crippen LogP) is 4.21. The van der Waals surface area contributed by atoms with Crippen molar-refractivity contribution >= 4 is 52.5 Å². The Balaban J connectivity index is 0.656. The van der Waals surface area contributed by atoms with Crippen molar-refractivity contribution in [3.63, 3.8) is 0 Å². The number of anilines is 5. The van der Waals surface area contributed by atoms with Gasteiger partial charge in [0, 0.05) is 134 Å². The third-order valence-corrected chi connectivity index (χ3v) is 15.7. The number of hydrogen-bond donors (Lipinski definition) is 5. The van der Waals surface area contributed by atoms with Crippen LogP contribution in [-0.4, -0.2) is 165 Å². The van der Waals surface area contributed by atoms with Gasteiger partial charge in [-0.15, -0.1) is 0 Å². The van der Waals surface area contributed by atoms with Gasteiger partial charge in [0.15, 0.2) is 17.9 Å². The number of aliphatic hydroxyl groups is 1. The summed E-state index contributed by atoms with van der Waals surface area (Å²) in [5.41, 5.74) is 1.36. The zero-order chi connectivity index (χ0) is 49.6. The van der Waals surface area contributed by atoms with Crippen LogP contribution in [0.4, 0.5) is 37.6 Å². The Morgan fingerprint density at radius 2 is 1.45 bits per heavy atom. The third-order valence-electron chi connectivity index (χ3n) is 15.7. The van der Waals surface area contributed by atoms with E-state index in [9.17, 15) is 24.3 Å². The number of carbonyl (C=O) groups is 4. The first kappa shape index (κ1) is 50.4. The lowest BCUT2D eigenvalue weighted by Crippen LogP contribution is -2.54. The molecule has 9 rings (SSSR count). The molecule has 1 aromatic carbocycles. The molecule has 4 aliphatic heterocycles. The maximum absolute atomic E-state index is 15.3. The summed E-state index contributed by atoms with van der Waals surface area (Å²) in [6, 6.07) is 2.32. The number of benzene rings is 1. The number of aryl methyl sites for hydroxylation is 1. The average molecular weight is 988 g/mol. The number of hydrogen-bond acceptors (Lipinski definition) is 15. The number of piperidine rings is 2. The van der Waals surface area contributed by atoms with Crippen molar-refractivity contribution in [1.29, 1.82) is 0 Å². The van der Waals surface area contributed by atoms with Crippen LogP contribution < -0.4 is 26.2 Å². The first-order valence-corrected chi connectivity index (χ1v) is 25.9. The maximum Gasteiger partial charge on any atom is 0.249 e.